The number of hydrogen-bond donors (Lipinski definition) is 0. The van der Waals surface area contributed by atoms with Crippen molar-refractivity contribution in [2.24, 2.45) is 0 Å². The van der Waals surface area contributed by atoms with E-state index in [9.17, 15) is 9.90 Å². The average Bonchev–Trinajstić information content (AvgIpc) is 2.27. The van der Waals surface area contributed by atoms with Crippen LogP contribution in [0, 0.1) is 0 Å². The quantitative estimate of drug-likeness (QED) is 0.269. The third-order valence-electron chi connectivity index (χ3n) is 2.81. The average molecular weight is 648 g/mol. The van der Waals surface area contributed by atoms with Crippen LogP contribution in [0.15, 0.2) is 0 Å². The Morgan fingerprint density at radius 1 is 0.947 bits per heavy atom. The molecule has 19 heavy (non-hydrogen) atoms. The van der Waals surface area contributed by atoms with Gasteiger partial charge in [-0.05, 0) is 6.42 Å². The Morgan fingerprint density at radius 2 is 1.37 bits per heavy atom. The van der Waals surface area contributed by atoms with Crippen molar-refractivity contribution in [3.05, 3.63) is 0 Å². The summed E-state index contributed by atoms with van der Waals surface area (Å²) in [5, 5.41) is 11.0. The first-order valence-corrected chi connectivity index (χ1v) is 9.40. The van der Waals surface area contributed by atoms with E-state index in [1.54, 1.807) is 0 Å². The first kappa shape index (κ1) is 24.7. The van der Waals surface area contributed by atoms with E-state index >= 15 is 0 Å². The number of unbranched alkanes of at least 4 members (excludes halogenated alkanes) is 6. The van der Waals surface area contributed by atoms with Gasteiger partial charge in [0.1, 0.15) is 6.47 Å². The summed E-state index contributed by atoms with van der Waals surface area (Å²) < 4.78 is -2.04. The van der Waals surface area contributed by atoms with Crippen molar-refractivity contribution in [3.63, 3.8) is 0 Å². The van der Waals surface area contributed by atoms with E-state index in [0.717, 1.165) is 12.8 Å². The van der Waals surface area contributed by atoms with E-state index in [4.69, 9.17) is 0 Å². The summed E-state index contributed by atoms with van der Waals surface area (Å²) >= 11 is 13.1. The van der Waals surface area contributed by atoms with Crippen LogP contribution in [0.25, 0.3) is 0 Å². The first-order valence-electron chi connectivity index (χ1n) is 6.22. The van der Waals surface area contributed by atoms with Gasteiger partial charge in [-0.15, -0.1) is 0 Å². The number of aliphatic carboxylic acids is 1. The minimum atomic E-state index is -1.30. The Balaban J connectivity index is 0. The molecule has 0 aliphatic heterocycles. The van der Waals surface area contributed by atoms with Crippen LogP contribution in [0.1, 0.15) is 58.3 Å². The molecule has 0 amide bonds. The number of carbonyl (C=O) groups is 1. The SMILES string of the molecule is CCCCCCCCCC(Br)(Br)C(Br)(Br)C(=O)[O-].[Cs+]. The van der Waals surface area contributed by atoms with Gasteiger partial charge in [0.05, 0.1) is 5.97 Å². The summed E-state index contributed by atoms with van der Waals surface area (Å²) in [5.74, 6) is -1.20. The Morgan fingerprint density at radius 3 is 1.79 bits per heavy atom. The van der Waals surface area contributed by atoms with Gasteiger partial charge in [-0.3, -0.25) is 0 Å². The number of halogens is 4. The minimum absolute atomic E-state index is 0. The van der Waals surface area contributed by atoms with Crippen molar-refractivity contribution in [2.75, 3.05) is 0 Å². The summed E-state index contributed by atoms with van der Waals surface area (Å²) in [7, 11) is 0. The fourth-order valence-corrected chi connectivity index (χ4v) is 2.89. The van der Waals surface area contributed by atoms with Crippen LogP contribution in [0.5, 0.6) is 0 Å². The molecule has 0 radical (unpaired) electrons. The standard InChI is InChI=1S/C12H20Br4O2.Cs/c1-2-3-4-5-6-7-8-9-11(13,14)12(15,16)10(17)18;/h2-9H2,1H3,(H,17,18);/q;+1/p-1. The zero-order valence-corrected chi connectivity index (χ0v) is 24.1. The molecule has 0 saturated heterocycles. The molecule has 0 aromatic rings. The van der Waals surface area contributed by atoms with Crippen molar-refractivity contribution in [3.8, 4) is 0 Å². The molecular formula is C12H19Br4CsO2. The molecule has 0 atom stereocenters. The summed E-state index contributed by atoms with van der Waals surface area (Å²) in [6.45, 7) is 2.20. The van der Waals surface area contributed by atoms with Crippen molar-refractivity contribution >= 4 is 69.7 Å². The Kier molecular flexibility index (Phi) is 16.7. The van der Waals surface area contributed by atoms with E-state index in [2.05, 4.69) is 70.6 Å². The van der Waals surface area contributed by atoms with Crippen LogP contribution in [0.2, 0.25) is 0 Å². The molecule has 0 bridgehead atoms. The summed E-state index contributed by atoms with van der Waals surface area (Å²) in [6.07, 6.45) is 9.11. The molecule has 0 N–H and O–H groups in total. The second-order valence-corrected chi connectivity index (χ2v) is 11.7. The second kappa shape index (κ2) is 12.8. The van der Waals surface area contributed by atoms with Crippen LogP contribution in [0.4, 0.5) is 0 Å². The van der Waals surface area contributed by atoms with Gasteiger partial charge in [0, 0.05) is 0 Å². The zero-order chi connectivity index (χ0) is 14.2. The van der Waals surface area contributed by atoms with Gasteiger partial charge in [0.15, 0.2) is 0 Å². The number of carboxylic acids is 1. The van der Waals surface area contributed by atoms with Crippen LogP contribution >= 0.6 is 63.7 Å². The van der Waals surface area contributed by atoms with E-state index in [-0.39, 0.29) is 68.9 Å². The molecule has 0 aromatic carbocycles. The molecule has 0 rings (SSSR count). The van der Waals surface area contributed by atoms with E-state index in [0.29, 0.717) is 6.42 Å². The van der Waals surface area contributed by atoms with Gasteiger partial charge in [0.2, 0.25) is 0 Å². The van der Waals surface area contributed by atoms with E-state index in [1.165, 1.54) is 32.1 Å². The van der Waals surface area contributed by atoms with Gasteiger partial charge in [0.25, 0.3) is 0 Å². The van der Waals surface area contributed by atoms with Crippen LogP contribution in [-0.4, -0.2) is 12.4 Å². The molecule has 2 nitrogen and oxygen atoms in total. The second-order valence-electron chi connectivity index (χ2n) is 4.44. The van der Waals surface area contributed by atoms with Gasteiger partial charge < -0.3 is 9.90 Å². The van der Waals surface area contributed by atoms with Crippen molar-refractivity contribution in [2.45, 2.75) is 64.8 Å². The van der Waals surface area contributed by atoms with E-state index in [1.807, 2.05) is 0 Å². The van der Waals surface area contributed by atoms with Crippen molar-refractivity contribution < 1.29 is 78.8 Å². The molecule has 0 heterocycles. The van der Waals surface area contributed by atoms with Crippen LogP contribution < -0.4 is 74.0 Å². The largest absolute Gasteiger partial charge is 1.00 e. The van der Waals surface area contributed by atoms with Crippen molar-refractivity contribution in [1.29, 1.82) is 0 Å². The zero-order valence-electron chi connectivity index (χ0n) is 11.5. The maximum absolute atomic E-state index is 11.0. The van der Waals surface area contributed by atoms with Crippen molar-refractivity contribution in [1.82, 2.24) is 0 Å². The van der Waals surface area contributed by atoms with Gasteiger partial charge in [-0.1, -0.05) is 116 Å². The van der Waals surface area contributed by atoms with Crippen LogP contribution in [-0.2, 0) is 4.79 Å². The molecule has 0 unspecified atom stereocenters. The molecule has 108 valence electrons. The molecule has 0 spiro atoms. The smallest absolute Gasteiger partial charge is 0.548 e. The summed E-state index contributed by atoms with van der Waals surface area (Å²) in [5.41, 5.74) is 0. The molecule has 7 heteroatoms. The molecule has 0 aliphatic carbocycles. The number of carboxylic acid groups (broad SMARTS) is 1. The fourth-order valence-electron chi connectivity index (χ4n) is 1.61. The predicted molar refractivity (Wildman–Crippen MR) is 88.8 cm³/mol. The normalized spacial score (nSPS) is 12.1. The minimum Gasteiger partial charge on any atom is -0.548 e. The molecule has 0 aliphatic rings. The maximum atomic E-state index is 11.0. The number of alkyl halides is 4. The molecular weight excluding hydrogens is 629 g/mol. The van der Waals surface area contributed by atoms with Crippen LogP contribution in [0.3, 0.4) is 0 Å². The van der Waals surface area contributed by atoms with E-state index < -0.39 is 12.4 Å². The monoisotopic (exact) mass is 644 g/mol. The number of rotatable bonds is 10. The molecule has 0 aromatic heterocycles. The summed E-state index contributed by atoms with van der Waals surface area (Å²) in [4.78, 5) is 11.0. The Labute approximate surface area is 208 Å². The number of carbonyl (C=O) groups excluding carboxylic acids is 1. The fraction of sp³-hybridized carbons (Fsp3) is 0.917. The first-order chi connectivity index (χ1) is 8.25. The van der Waals surface area contributed by atoms with Gasteiger partial charge >= 0.3 is 68.9 Å². The third-order valence-corrected chi connectivity index (χ3v) is 8.92. The third kappa shape index (κ3) is 10.0. The molecule has 0 saturated carbocycles. The maximum Gasteiger partial charge on any atom is 1.00 e. The number of hydrogen-bond acceptors (Lipinski definition) is 2. The Bertz CT molecular complexity index is 260. The van der Waals surface area contributed by atoms with Gasteiger partial charge in [-0.2, -0.15) is 0 Å². The van der Waals surface area contributed by atoms with Gasteiger partial charge in [-0.25, -0.2) is 0 Å². The Hall–Kier alpha value is 3.44. The summed E-state index contributed by atoms with van der Waals surface area (Å²) in [6, 6.07) is 0. The molecule has 0 fully saturated rings. The predicted octanol–water partition coefficient (Wildman–Crippen LogP) is 1.85. The topological polar surface area (TPSA) is 40.1 Å².